The molecule has 0 spiro atoms. The number of hydrogen-bond acceptors (Lipinski definition) is 2. The molecule has 2 aromatic carbocycles. The minimum Gasteiger partial charge on any atom is -0.282 e. The van der Waals surface area contributed by atoms with Gasteiger partial charge in [-0.3, -0.25) is 4.55 Å². The molecule has 0 aromatic heterocycles. The number of benzene rings is 2. The first-order valence-electron chi connectivity index (χ1n) is 5.23. The quantitative estimate of drug-likeness (QED) is 0.856. The molecule has 3 nitrogen and oxygen atoms in total. The van der Waals surface area contributed by atoms with E-state index >= 15 is 0 Å². The maximum Gasteiger partial charge on any atom is 0.295 e. The van der Waals surface area contributed by atoms with Crippen LogP contribution in [0.3, 0.4) is 0 Å². The second-order valence-electron chi connectivity index (χ2n) is 3.91. The lowest BCUT2D eigenvalue weighted by Gasteiger charge is -2.12. The summed E-state index contributed by atoms with van der Waals surface area (Å²) in [6, 6.07) is 12.1. The first-order valence-corrected chi connectivity index (χ1v) is 7.46. The molecule has 0 unspecified atom stereocenters. The van der Waals surface area contributed by atoms with E-state index in [1.807, 2.05) is 25.1 Å². The smallest absolute Gasteiger partial charge is 0.282 e. The van der Waals surface area contributed by atoms with Crippen LogP contribution in [0.2, 0.25) is 0 Å². The molecule has 94 valence electrons. The van der Waals surface area contributed by atoms with Crippen LogP contribution in [0.15, 0.2) is 51.8 Å². The number of rotatable bonds is 2. The van der Waals surface area contributed by atoms with Crippen molar-refractivity contribution in [3.8, 4) is 11.1 Å². The van der Waals surface area contributed by atoms with Gasteiger partial charge in [-0.25, -0.2) is 0 Å². The van der Waals surface area contributed by atoms with Gasteiger partial charge in [-0.1, -0.05) is 36.4 Å². The Kier molecular flexibility index (Phi) is 3.56. The third-order valence-corrected chi connectivity index (χ3v) is 4.56. The summed E-state index contributed by atoms with van der Waals surface area (Å²) in [7, 11) is -4.25. The summed E-state index contributed by atoms with van der Waals surface area (Å²) >= 11 is 3.38. The van der Waals surface area contributed by atoms with Crippen molar-refractivity contribution in [2.45, 2.75) is 11.8 Å². The Balaban J connectivity index is 2.84. The summed E-state index contributed by atoms with van der Waals surface area (Å²) in [5.41, 5.74) is 2.13. The topological polar surface area (TPSA) is 54.4 Å². The van der Waals surface area contributed by atoms with E-state index in [9.17, 15) is 13.0 Å². The van der Waals surface area contributed by atoms with Gasteiger partial charge in [0.25, 0.3) is 10.1 Å². The standard InChI is InChI=1S/C13H11BrO3S/c1-9-7-8-11(18(15,16)17)12(13(9)14)10-5-3-2-4-6-10/h2-8H,1H3,(H,15,16,17). The molecule has 0 bridgehead atoms. The maximum atomic E-state index is 11.4. The number of halogens is 1. The molecule has 1 N–H and O–H groups in total. The summed E-state index contributed by atoms with van der Waals surface area (Å²) in [4.78, 5) is -0.0915. The van der Waals surface area contributed by atoms with Gasteiger partial charge in [0.15, 0.2) is 0 Å². The van der Waals surface area contributed by atoms with Crippen LogP contribution in [0.5, 0.6) is 0 Å². The Bertz CT molecular complexity index is 679. The van der Waals surface area contributed by atoms with Gasteiger partial charge in [-0.15, -0.1) is 0 Å². The fourth-order valence-electron chi connectivity index (χ4n) is 1.75. The van der Waals surface area contributed by atoms with Gasteiger partial charge >= 0.3 is 0 Å². The van der Waals surface area contributed by atoms with E-state index in [-0.39, 0.29) is 4.90 Å². The first kappa shape index (κ1) is 13.3. The fourth-order valence-corrected chi connectivity index (χ4v) is 3.18. The minimum absolute atomic E-state index is 0.0915. The molecule has 0 fully saturated rings. The summed E-state index contributed by atoms with van der Waals surface area (Å²) < 4.78 is 32.8. The molecular formula is C13H11BrO3S. The largest absolute Gasteiger partial charge is 0.295 e. The summed E-state index contributed by atoms with van der Waals surface area (Å²) in [6.45, 7) is 1.87. The van der Waals surface area contributed by atoms with Crippen LogP contribution in [0, 0.1) is 6.92 Å². The molecule has 0 aliphatic rings. The Labute approximate surface area is 114 Å². The molecule has 2 rings (SSSR count). The van der Waals surface area contributed by atoms with Crippen molar-refractivity contribution in [2.24, 2.45) is 0 Å². The zero-order valence-corrected chi connectivity index (χ0v) is 12.0. The lowest BCUT2D eigenvalue weighted by atomic mass is 10.0. The molecule has 2 aromatic rings. The Hall–Kier alpha value is -1.17. The highest BCUT2D eigenvalue weighted by atomic mass is 79.9. The van der Waals surface area contributed by atoms with Crippen molar-refractivity contribution in [3.63, 3.8) is 0 Å². The van der Waals surface area contributed by atoms with E-state index in [0.717, 1.165) is 11.1 Å². The van der Waals surface area contributed by atoms with Gasteiger partial charge < -0.3 is 0 Å². The Morgan fingerprint density at radius 3 is 2.22 bits per heavy atom. The molecule has 0 heterocycles. The van der Waals surface area contributed by atoms with Crippen LogP contribution in [-0.4, -0.2) is 13.0 Å². The van der Waals surface area contributed by atoms with Crippen molar-refractivity contribution < 1.29 is 13.0 Å². The zero-order chi connectivity index (χ0) is 13.3. The Morgan fingerprint density at radius 1 is 1.06 bits per heavy atom. The molecular weight excluding hydrogens is 316 g/mol. The Morgan fingerprint density at radius 2 is 1.67 bits per heavy atom. The maximum absolute atomic E-state index is 11.4. The molecule has 0 atom stereocenters. The molecule has 18 heavy (non-hydrogen) atoms. The van der Waals surface area contributed by atoms with Gasteiger partial charge in [-0.2, -0.15) is 8.42 Å². The molecule has 0 radical (unpaired) electrons. The van der Waals surface area contributed by atoms with Crippen LogP contribution < -0.4 is 0 Å². The zero-order valence-electron chi connectivity index (χ0n) is 9.59. The lowest BCUT2D eigenvalue weighted by molar-refractivity contribution is 0.483. The van der Waals surface area contributed by atoms with Gasteiger partial charge in [0, 0.05) is 10.0 Å². The van der Waals surface area contributed by atoms with Crippen LogP contribution in [0.4, 0.5) is 0 Å². The van der Waals surface area contributed by atoms with E-state index < -0.39 is 10.1 Å². The van der Waals surface area contributed by atoms with Crippen molar-refractivity contribution in [2.75, 3.05) is 0 Å². The van der Waals surface area contributed by atoms with Gasteiger partial charge in [-0.05, 0) is 40.0 Å². The fraction of sp³-hybridized carbons (Fsp3) is 0.0769. The summed E-state index contributed by atoms with van der Waals surface area (Å²) in [5.74, 6) is 0. The molecule has 0 amide bonds. The van der Waals surface area contributed by atoms with Gasteiger partial charge in [0.2, 0.25) is 0 Å². The second kappa shape index (κ2) is 4.84. The number of aryl methyl sites for hydroxylation is 1. The first-order chi connectivity index (χ1) is 8.41. The molecule has 0 saturated heterocycles. The average molecular weight is 327 g/mol. The third kappa shape index (κ3) is 2.48. The normalized spacial score (nSPS) is 11.5. The van der Waals surface area contributed by atoms with E-state index in [1.54, 1.807) is 18.2 Å². The van der Waals surface area contributed by atoms with Crippen molar-refractivity contribution in [3.05, 3.63) is 52.5 Å². The van der Waals surface area contributed by atoms with E-state index in [1.165, 1.54) is 6.07 Å². The van der Waals surface area contributed by atoms with Crippen LogP contribution in [0.1, 0.15) is 5.56 Å². The van der Waals surface area contributed by atoms with Crippen LogP contribution in [-0.2, 0) is 10.1 Å². The molecule has 5 heteroatoms. The molecule has 0 aliphatic heterocycles. The van der Waals surface area contributed by atoms with Gasteiger partial charge in [0.05, 0.1) is 0 Å². The van der Waals surface area contributed by atoms with Crippen molar-refractivity contribution in [1.82, 2.24) is 0 Å². The molecule has 0 saturated carbocycles. The highest BCUT2D eigenvalue weighted by Crippen LogP contribution is 2.36. The molecule has 0 aliphatic carbocycles. The predicted octanol–water partition coefficient (Wildman–Crippen LogP) is 3.67. The monoisotopic (exact) mass is 326 g/mol. The number of hydrogen-bond donors (Lipinski definition) is 1. The summed E-state index contributed by atoms with van der Waals surface area (Å²) in [6.07, 6.45) is 0. The van der Waals surface area contributed by atoms with E-state index in [4.69, 9.17) is 0 Å². The highest BCUT2D eigenvalue weighted by molar-refractivity contribution is 9.10. The van der Waals surface area contributed by atoms with Crippen LogP contribution in [0.25, 0.3) is 11.1 Å². The van der Waals surface area contributed by atoms with Crippen molar-refractivity contribution in [1.29, 1.82) is 0 Å². The second-order valence-corrected chi connectivity index (χ2v) is 6.09. The van der Waals surface area contributed by atoms with Crippen molar-refractivity contribution >= 4 is 26.0 Å². The lowest BCUT2D eigenvalue weighted by Crippen LogP contribution is -2.02. The third-order valence-electron chi connectivity index (χ3n) is 2.64. The highest BCUT2D eigenvalue weighted by Gasteiger charge is 2.19. The van der Waals surface area contributed by atoms with E-state index in [0.29, 0.717) is 10.0 Å². The summed E-state index contributed by atoms with van der Waals surface area (Å²) in [5, 5.41) is 0. The SMILES string of the molecule is Cc1ccc(S(=O)(=O)O)c(-c2ccccc2)c1Br. The van der Waals surface area contributed by atoms with Crippen LogP contribution >= 0.6 is 15.9 Å². The predicted molar refractivity (Wildman–Crippen MR) is 74.1 cm³/mol. The van der Waals surface area contributed by atoms with Gasteiger partial charge in [0.1, 0.15) is 4.90 Å². The average Bonchev–Trinajstić information content (AvgIpc) is 2.32. The van der Waals surface area contributed by atoms with E-state index in [2.05, 4.69) is 15.9 Å². The minimum atomic E-state index is -4.25.